The lowest BCUT2D eigenvalue weighted by molar-refractivity contribution is -0.130. The quantitative estimate of drug-likeness (QED) is 0.742. The van der Waals surface area contributed by atoms with Gasteiger partial charge in [-0.15, -0.1) is 12.4 Å². The van der Waals surface area contributed by atoms with Crippen LogP contribution in [0, 0.1) is 11.8 Å². The molecule has 18 heavy (non-hydrogen) atoms. The summed E-state index contributed by atoms with van der Waals surface area (Å²) in [6, 6.07) is 0.193. The van der Waals surface area contributed by atoms with Gasteiger partial charge in [0.2, 0.25) is 5.91 Å². The Balaban J connectivity index is 0. The van der Waals surface area contributed by atoms with E-state index in [4.69, 9.17) is 5.73 Å². The van der Waals surface area contributed by atoms with E-state index in [1.165, 1.54) is 0 Å². The molecule has 1 amide bonds. The van der Waals surface area contributed by atoms with Gasteiger partial charge in [0.05, 0.1) is 0 Å². The van der Waals surface area contributed by atoms with Crippen LogP contribution in [0.1, 0.15) is 53.4 Å². The number of nitrogens with zero attached hydrogens (tertiary/aromatic N) is 1. The zero-order chi connectivity index (χ0) is 13.4. The first-order chi connectivity index (χ1) is 7.88. The van der Waals surface area contributed by atoms with Crippen molar-refractivity contribution in [2.75, 3.05) is 13.6 Å². The minimum Gasteiger partial charge on any atom is -0.346 e. The van der Waals surface area contributed by atoms with Crippen molar-refractivity contribution in [3.05, 3.63) is 0 Å². The number of hydrogen-bond donors (Lipinski definition) is 1. The molecule has 0 spiro atoms. The molecule has 3 nitrogen and oxygen atoms in total. The number of hydrogen-bond acceptors (Lipinski definition) is 2. The molecule has 4 heteroatoms. The number of carbonyl (C=O) groups is 1. The summed E-state index contributed by atoms with van der Waals surface area (Å²) in [6.45, 7) is 9.32. The van der Waals surface area contributed by atoms with Gasteiger partial charge in [0.15, 0.2) is 0 Å². The summed E-state index contributed by atoms with van der Waals surface area (Å²) in [5, 5.41) is 0. The maximum Gasteiger partial charge on any atom is 0.222 e. The number of nitrogens with two attached hydrogens (primary N) is 1. The van der Waals surface area contributed by atoms with Gasteiger partial charge in [0, 0.05) is 26.1 Å². The molecule has 110 valence electrons. The van der Waals surface area contributed by atoms with E-state index < -0.39 is 0 Å². The third-order valence-corrected chi connectivity index (χ3v) is 3.38. The molecule has 2 unspecified atom stereocenters. The highest BCUT2D eigenvalue weighted by molar-refractivity contribution is 5.85. The molecule has 0 aromatic carbocycles. The van der Waals surface area contributed by atoms with Gasteiger partial charge in [-0.3, -0.25) is 4.79 Å². The molecule has 0 aliphatic carbocycles. The average molecular weight is 279 g/mol. The van der Waals surface area contributed by atoms with E-state index in [2.05, 4.69) is 27.7 Å². The highest BCUT2D eigenvalue weighted by atomic mass is 35.5. The minimum absolute atomic E-state index is 0. The molecule has 0 fully saturated rings. The van der Waals surface area contributed by atoms with Crippen molar-refractivity contribution in [1.29, 1.82) is 0 Å². The van der Waals surface area contributed by atoms with Crippen molar-refractivity contribution >= 4 is 18.3 Å². The van der Waals surface area contributed by atoms with Crippen LogP contribution in [0.3, 0.4) is 0 Å². The topological polar surface area (TPSA) is 46.3 Å². The predicted molar refractivity (Wildman–Crippen MR) is 81.0 cm³/mol. The van der Waals surface area contributed by atoms with Crippen LogP contribution in [-0.2, 0) is 4.79 Å². The fourth-order valence-electron chi connectivity index (χ4n) is 1.85. The Kier molecular flexibility index (Phi) is 11.8. The van der Waals surface area contributed by atoms with Crippen LogP contribution in [0.25, 0.3) is 0 Å². The van der Waals surface area contributed by atoms with Crippen LogP contribution in [0.2, 0.25) is 0 Å². The van der Waals surface area contributed by atoms with Crippen molar-refractivity contribution in [3.8, 4) is 0 Å². The molecular formula is C14H31ClN2O. The Morgan fingerprint density at radius 2 is 1.78 bits per heavy atom. The van der Waals surface area contributed by atoms with E-state index in [1.807, 2.05) is 11.9 Å². The fourth-order valence-corrected chi connectivity index (χ4v) is 1.85. The lowest BCUT2D eigenvalue weighted by Gasteiger charge is -2.22. The summed E-state index contributed by atoms with van der Waals surface area (Å²) in [6.07, 6.45) is 3.84. The highest BCUT2D eigenvalue weighted by Gasteiger charge is 2.14. The van der Waals surface area contributed by atoms with Crippen molar-refractivity contribution < 1.29 is 4.79 Å². The van der Waals surface area contributed by atoms with Gasteiger partial charge in [-0.1, -0.05) is 40.5 Å². The second-order valence-corrected chi connectivity index (χ2v) is 5.61. The van der Waals surface area contributed by atoms with Crippen LogP contribution in [-0.4, -0.2) is 30.4 Å². The largest absolute Gasteiger partial charge is 0.346 e. The molecule has 0 saturated heterocycles. The van der Waals surface area contributed by atoms with Crippen molar-refractivity contribution in [3.63, 3.8) is 0 Å². The van der Waals surface area contributed by atoms with E-state index in [0.29, 0.717) is 18.3 Å². The number of halogens is 1. The smallest absolute Gasteiger partial charge is 0.222 e. The van der Waals surface area contributed by atoms with Crippen molar-refractivity contribution in [1.82, 2.24) is 4.90 Å². The third-order valence-electron chi connectivity index (χ3n) is 3.38. The normalized spacial score (nSPS) is 13.9. The summed E-state index contributed by atoms with van der Waals surface area (Å²) in [4.78, 5) is 13.7. The van der Waals surface area contributed by atoms with Gasteiger partial charge in [0.25, 0.3) is 0 Å². The predicted octanol–water partition coefficient (Wildman–Crippen LogP) is 3.07. The van der Waals surface area contributed by atoms with E-state index >= 15 is 0 Å². The van der Waals surface area contributed by atoms with E-state index in [0.717, 1.165) is 25.8 Å². The maximum atomic E-state index is 11.9. The molecule has 0 aromatic rings. The molecule has 0 aliphatic heterocycles. The summed E-state index contributed by atoms with van der Waals surface area (Å²) in [7, 11) is 1.88. The Bertz CT molecular complexity index is 222. The Labute approximate surface area is 119 Å². The number of rotatable bonds is 8. The SMILES string of the molecule is CCCC(C)CC(=O)N(C)CCC(N)C(C)C.Cl. The van der Waals surface area contributed by atoms with Crippen molar-refractivity contribution in [2.45, 2.75) is 59.4 Å². The summed E-state index contributed by atoms with van der Waals surface area (Å²) in [5.74, 6) is 1.23. The molecule has 2 N–H and O–H groups in total. The number of amides is 1. The Morgan fingerprint density at radius 3 is 2.22 bits per heavy atom. The van der Waals surface area contributed by atoms with Crippen LogP contribution in [0.4, 0.5) is 0 Å². The van der Waals surface area contributed by atoms with Crippen LogP contribution >= 0.6 is 12.4 Å². The second kappa shape index (κ2) is 10.6. The molecule has 0 radical (unpaired) electrons. The molecule has 0 aliphatic rings. The molecule has 2 atom stereocenters. The summed E-state index contributed by atoms with van der Waals surface area (Å²) < 4.78 is 0. The van der Waals surface area contributed by atoms with E-state index in [-0.39, 0.29) is 24.4 Å². The zero-order valence-electron chi connectivity index (χ0n) is 12.6. The van der Waals surface area contributed by atoms with Crippen LogP contribution in [0.15, 0.2) is 0 Å². The standard InChI is InChI=1S/C14H30N2O.ClH/c1-6-7-12(4)10-14(17)16(5)9-8-13(15)11(2)3;/h11-13H,6-10,15H2,1-5H3;1H. The molecular weight excluding hydrogens is 248 g/mol. The molecule has 0 aromatic heterocycles. The monoisotopic (exact) mass is 278 g/mol. The number of carbonyl (C=O) groups excluding carboxylic acids is 1. The van der Waals surface area contributed by atoms with Gasteiger partial charge >= 0.3 is 0 Å². The molecule has 0 heterocycles. The van der Waals surface area contributed by atoms with Crippen LogP contribution in [0.5, 0.6) is 0 Å². The first kappa shape index (κ1) is 20.0. The average Bonchev–Trinajstić information content (AvgIpc) is 2.25. The van der Waals surface area contributed by atoms with E-state index in [1.54, 1.807) is 0 Å². The first-order valence-electron chi connectivity index (χ1n) is 6.88. The van der Waals surface area contributed by atoms with Gasteiger partial charge in [-0.05, 0) is 18.3 Å². The van der Waals surface area contributed by atoms with Crippen LogP contribution < -0.4 is 5.73 Å². The molecule has 0 saturated carbocycles. The minimum atomic E-state index is 0. The fraction of sp³-hybridized carbons (Fsp3) is 0.929. The van der Waals surface area contributed by atoms with E-state index in [9.17, 15) is 4.79 Å². The maximum absolute atomic E-state index is 11.9. The second-order valence-electron chi connectivity index (χ2n) is 5.61. The van der Waals surface area contributed by atoms with Gasteiger partial charge in [-0.2, -0.15) is 0 Å². The van der Waals surface area contributed by atoms with Gasteiger partial charge < -0.3 is 10.6 Å². The third kappa shape index (κ3) is 8.76. The van der Waals surface area contributed by atoms with Crippen molar-refractivity contribution in [2.24, 2.45) is 17.6 Å². The first-order valence-corrected chi connectivity index (χ1v) is 6.88. The summed E-state index contributed by atoms with van der Waals surface area (Å²) >= 11 is 0. The molecule has 0 bridgehead atoms. The molecule has 0 rings (SSSR count). The zero-order valence-corrected chi connectivity index (χ0v) is 13.4. The van der Waals surface area contributed by atoms with Gasteiger partial charge in [-0.25, -0.2) is 0 Å². The highest BCUT2D eigenvalue weighted by Crippen LogP contribution is 2.12. The lowest BCUT2D eigenvalue weighted by atomic mass is 10.0. The lowest BCUT2D eigenvalue weighted by Crippen LogP contribution is -2.35. The van der Waals surface area contributed by atoms with Gasteiger partial charge in [0.1, 0.15) is 0 Å². The Hall–Kier alpha value is -0.280. The Morgan fingerprint density at radius 1 is 1.22 bits per heavy atom. The summed E-state index contributed by atoms with van der Waals surface area (Å²) in [5.41, 5.74) is 5.98.